The predicted octanol–water partition coefficient (Wildman–Crippen LogP) is 7.79. The van der Waals surface area contributed by atoms with Crippen LogP contribution in [0.4, 0.5) is 4.79 Å². The second-order valence-electron chi connectivity index (χ2n) is 9.67. The molecule has 0 spiro atoms. The van der Waals surface area contributed by atoms with Gasteiger partial charge in [-0.1, -0.05) is 82.3 Å². The van der Waals surface area contributed by atoms with Crippen LogP contribution in [0.25, 0.3) is 11.1 Å². The average Bonchev–Trinajstić information content (AvgIpc) is 2.89. The Bertz CT molecular complexity index is 867. The monoisotopic (exact) mass is 482 g/mol. The molecule has 35 heavy (non-hydrogen) atoms. The number of carbonyl (C=O) groups is 1. The fourth-order valence-electron chi connectivity index (χ4n) is 4.62. The molecular weight excluding hydrogens is 440 g/mol. The molecular formula is C30H42O5. The normalized spacial score (nSPS) is 19.8. The molecule has 1 fully saturated rings. The molecule has 0 atom stereocenters. The van der Waals surface area contributed by atoms with E-state index in [2.05, 4.69) is 31.2 Å². The van der Waals surface area contributed by atoms with E-state index < -0.39 is 11.8 Å². The summed E-state index contributed by atoms with van der Waals surface area (Å²) in [6.07, 6.45) is 9.90. The van der Waals surface area contributed by atoms with E-state index in [9.17, 15) is 9.90 Å². The van der Waals surface area contributed by atoms with Crippen LogP contribution in [0.1, 0.15) is 90.0 Å². The van der Waals surface area contributed by atoms with Crippen LogP contribution < -0.4 is 4.74 Å². The molecule has 0 amide bonds. The van der Waals surface area contributed by atoms with Crippen molar-refractivity contribution in [1.29, 1.82) is 0 Å². The molecule has 0 saturated heterocycles. The third kappa shape index (κ3) is 8.57. The molecule has 5 nitrogen and oxygen atoms in total. The summed E-state index contributed by atoms with van der Waals surface area (Å²) >= 11 is 0. The zero-order chi connectivity index (χ0) is 24.9. The molecule has 5 heteroatoms. The SMILES string of the molecule is CCCCCCCCOc1ccc(-c2ccc(C3(O)CCC(OC(=O)OCCC)CC3)cc2)cc1. The van der Waals surface area contributed by atoms with Crippen molar-refractivity contribution in [3.8, 4) is 16.9 Å². The molecule has 3 rings (SSSR count). The maximum atomic E-state index is 11.7. The highest BCUT2D eigenvalue weighted by molar-refractivity contribution is 5.64. The van der Waals surface area contributed by atoms with Crippen molar-refractivity contribution in [2.75, 3.05) is 13.2 Å². The molecule has 192 valence electrons. The number of carbonyl (C=O) groups excluding carboxylic acids is 1. The van der Waals surface area contributed by atoms with Crippen LogP contribution in [0.3, 0.4) is 0 Å². The molecule has 2 aromatic rings. The van der Waals surface area contributed by atoms with E-state index in [1.165, 1.54) is 32.1 Å². The van der Waals surface area contributed by atoms with Crippen molar-refractivity contribution in [2.45, 2.75) is 96.2 Å². The lowest BCUT2D eigenvalue weighted by molar-refractivity contribution is -0.0536. The van der Waals surface area contributed by atoms with Crippen molar-refractivity contribution >= 4 is 6.16 Å². The summed E-state index contributed by atoms with van der Waals surface area (Å²) in [4.78, 5) is 11.7. The van der Waals surface area contributed by atoms with Gasteiger partial charge in [0.25, 0.3) is 0 Å². The maximum Gasteiger partial charge on any atom is 0.508 e. The third-order valence-corrected chi connectivity index (χ3v) is 6.82. The van der Waals surface area contributed by atoms with E-state index in [-0.39, 0.29) is 6.10 Å². The Morgan fingerprint density at radius 2 is 1.43 bits per heavy atom. The van der Waals surface area contributed by atoms with Gasteiger partial charge in [-0.2, -0.15) is 0 Å². The summed E-state index contributed by atoms with van der Waals surface area (Å²) in [5.74, 6) is 0.908. The predicted molar refractivity (Wildman–Crippen MR) is 140 cm³/mol. The summed E-state index contributed by atoms with van der Waals surface area (Å²) in [7, 11) is 0. The lowest BCUT2D eigenvalue weighted by atomic mass is 9.78. The van der Waals surface area contributed by atoms with Crippen molar-refractivity contribution in [3.05, 3.63) is 54.1 Å². The van der Waals surface area contributed by atoms with E-state index in [1.54, 1.807) is 0 Å². The van der Waals surface area contributed by atoms with Crippen molar-refractivity contribution in [3.63, 3.8) is 0 Å². The zero-order valence-electron chi connectivity index (χ0n) is 21.5. The van der Waals surface area contributed by atoms with Crippen LogP contribution in [0, 0.1) is 0 Å². The van der Waals surface area contributed by atoms with Gasteiger partial charge in [0.15, 0.2) is 0 Å². The number of hydrogen-bond acceptors (Lipinski definition) is 5. The quantitative estimate of drug-likeness (QED) is 0.233. The first kappa shape index (κ1) is 27.1. The van der Waals surface area contributed by atoms with Gasteiger partial charge in [0.05, 0.1) is 18.8 Å². The third-order valence-electron chi connectivity index (χ3n) is 6.82. The first-order valence-electron chi connectivity index (χ1n) is 13.4. The lowest BCUT2D eigenvalue weighted by Crippen LogP contribution is -2.35. The summed E-state index contributed by atoms with van der Waals surface area (Å²) in [5.41, 5.74) is 2.25. The fourth-order valence-corrected chi connectivity index (χ4v) is 4.62. The summed E-state index contributed by atoms with van der Waals surface area (Å²) in [6.45, 7) is 5.32. The molecule has 0 heterocycles. The topological polar surface area (TPSA) is 65.0 Å². The zero-order valence-corrected chi connectivity index (χ0v) is 21.5. The minimum Gasteiger partial charge on any atom is -0.494 e. The van der Waals surface area contributed by atoms with Gasteiger partial charge >= 0.3 is 6.16 Å². The standard InChI is InChI=1S/C30H42O5/c1-3-5-6-7-8-9-23-33-27-16-12-25(13-17-27)24-10-14-26(15-11-24)30(32)20-18-28(19-21-30)35-29(31)34-22-4-2/h10-17,28,32H,3-9,18-23H2,1-2H3. The van der Waals surface area contributed by atoms with E-state index >= 15 is 0 Å². The Hall–Kier alpha value is -2.53. The molecule has 2 aromatic carbocycles. The number of rotatable bonds is 13. The summed E-state index contributed by atoms with van der Waals surface area (Å²) < 4.78 is 16.3. The van der Waals surface area contributed by atoms with Crippen molar-refractivity contribution in [2.24, 2.45) is 0 Å². The first-order chi connectivity index (χ1) is 17.0. The molecule has 0 aromatic heterocycles. The van der Waals surface area contributed by atoms with Gasteiger partial charge in [-0.05, 0) is 67.3 Å². The second-order valence-corrected chi connectivity index (χ2v) is 9.67. The van der Waals surface area contributed by atoms with Crippen LogP contribution in [-0.4, -0.2) is 30.6 Å². The Balaban J connectivity index is 1.46. The van der Waals surface area contributed by atoms with Gasteiger partial charge in [0.2, 0.25) is 0 Å². The van der Waals surface area contributed by atoms with Gasteiger partial charge in [-0.3, -0.25) is 0 Å². The van der Waals surface area contributed by atoms with Crippen molar-refractivity contribution < 1.29 is 24.1 Å². The number of ether oxygens (including phenoxy) is 3. The highest BCUT2D eigenvalue weighted by Crippen LogP contribution is 2.39. The van der Waals surface area contributed by atoms with Crippen LogP contribution >= 0.6 is 0 Å². The minimum absolute atomic E-state index is 0.194. The Morgan fingerprint density at radius 1 is 0.829 bits per heavy atom. The number of hydrogen-bond donors (Lipinski definition) is 1. The van der Waals surface area contributed by atoms with E-state index in [1.807, 2.05) is 31.2 Å². The van der Waals surface area contributed by atoms with E-state index in [0.717, 1.165) is 41.9 Å². The molecule has 1 saturated carbocycles. The average molecular weight is 483 g/mol. The molecule has 0 bridgehead atoms. The van der Waals surface area contributed by atoms with Gasteiger partial charge in [0.1, 0.15) is 11.9 Å². The molecule has 1 aliphatic rings. The summed E-state index contributed by atoms with van der Waals surface area (Å²) in [5, 5.41) is 11.2. The molecule has 0 unspecified atom stereocenters. The first-order valence-corrected chi connectivity index (χ1v) is 13.4. The lowest BCUT2D eigenvalue weighted by Gasteiger charge is -2.36. The van der Waals surface area contributed by atoms with Crippen LogP contribution in [-0.2, 0) is 15.1 Å². The van der Waals surface area contributed by atoms with Gasteiger partial charge in [-0.15, -0.1) is 0 Å². The maximum absolute atomic E-state index is 11.7. The fraction of sp³-hybridized carbons (Fsp3) is 0.567. The Kier molecular flexibility index (Phi) is 10.9. The minimum atomic E-state index is -0.889. The largest absolute Gasteiger partial charge is 0.508 e. The number of unbranched alkanes of at least 4 members (excludes halogenated alkanes) is 5. The van der Waals surface area contributed by atoms with Crippen LogP contribution in [0.15, 0.2) is 48.5 Å². The number of benzene rings is 2. The highest BCUT2D eigenvalue weighted by Gasteiger charge is 2.36. The molecule has 1 N–H and O–H groups in total. The summed E-state index contributed by atoms with van der Waals surface area (Å²) in [6, 6.07) is 16.4. The van der Waals surface area contributed by atoms with Crippen LogP contribution in [0.5, 0.6) is 5.75 Å². The van der Waals surface area contributed by atoms with E-state index in [4.69, 9.17) is 14.2 Å². The highest BCUT2D eigenvalue weighted by atomic mass is 16.7. The van der Waals surface area contributed by atoms with Crippen LogP contribution in [0.2, 0.25) is 0 Å². The molecule has 0 radical (unpaired) electrons. The Labute approximate surface area is 210 Å². The van der Waals surface area contributed by atoms with Crippen molar-refractivity contribution in [1.82, 2.24) is 0 Å². The number of aliphatic hydroxyl groups is 1. The molecule has 0 aliphatic heterocycles. The smallest absolute Gasteiger partial charge is 0.494 e. The molecule has 1 aliphatic carbocycles. The second kappa shape index (κ2) is 14.1. The Morgan fingerprint density at radius 3 is 2.06 bits per heavy atom. The van der Waals surface area contributed by atoms with Gasteiger partial charge in [-0.25, -0.2) is 4.79 Å². The van der Waals surface area contributed by atoms with Gasteiger partial charge in [0, 0.05) is 0 Å². The van der Waals surface area contributed by atoms with E-state index in [0.29, 0.717) is 32.3 Å². The van der Waals surface area contributed by atoms with Gasteiger partial charge < -0.3 is 19.3 Å².